The van der Waals surface area contributed by atoms with Gasteiger partial charge in [0.15, 0.2) is 11.5 Å². The van der Waals surface area contributed by atoms with Gasteiger partial charge in [0.25, 0.3) is 0 Å². The number of amides is 1. The van der Waals surface area contributed by atoms with E-state index in [0.717, 1.165) is 35.1 Å². The zero-order chi connectivity index (χ0) is 22.9. The molecule has 1 saturated heterocycles. The van der Waals surface area contributed by atoms with Gasteiger partial charge in [0.05, 0.1) is 41.7 Å². The van der Waals surface area contributed by atoms with Crippen LogP contribution in [0.4, 0.5) is 16.3 Å². The van der Waals surface area contributed by atoms with Crippen LogP contribution >= 0.6 is 11.6 Å². The number of aromatic nitrogens is 5. The predicted molar refractivity (Wildman–Crippen MR) is 127 cm³/mol. The number of carbonyl (C=O) groups excluding carboxylic acids is 1. The maximum atomic E-state index is 11.7. The maximum Gasteiger partial charge on any atom is 0.407 e. The van der Waals surface area contributed by atoms with Gasteiger partial charge in [-0.1, -0.05) is 11.6 Å². The lowest BCUT2D eigenvalue weighted by Crippen LogP contribution is -2.37. The lowest BCUT2D eigenvalue weighted by atomic mass is 10.0. The molecule has 3 aromatic heterocycles. The second-order valence-corrected chi connectivity index (χ2v) is 8.36. The number of imidazole rings is 1. The number of H-pyrrole nitrogens is 1. The quantitative estimate of drug-likeness (QED) is 0.407. The maximum absolute atomic E-state index is 11.7. The van der Waals surface area contributed by atoms with E-state index in [4.69, 9.17) is 16.3 Å². The summed E-state index contributed by atoms with van der Waals surface area (Å²) in [7, 11) is 1.37. The van der Waals surface area contributed by atoms with E-state index in [1.165, 1.54) is 13.4 Å². The predicted octanol–water partition coefficient (Wildman–Crippen LogP) is 3.66. The molecule has 0 spiro atoms. The number of alkyl carbamates (subject to hydrolysis) is 1. The normalized spacial score (nSPS) is 16.8. The van der Waals surface area contributed by atoms with E-state index < -0.39 is 6.09 Å². The fourth-order valence-corrected chi connectivity index (χ4v) is 4.60. The molecule has 1 aliphatic heterocycles. The average Bonchev–Trinajstić information content (AvgIpc) is 3.49. The number of rotatable bonds is 5. The number of carbonyl (C=O) groups is 1. The van der Waals surface area contributed by atoms with Crippen molar-refractivity contribution < 1.29 is 9.53 Å². The summed E-state index contributed by atoms with van der Waals surface area (Å²) in [6.07, 6.45) is 5.23. The highest BCUT2D eigenvalue weighted by Gasteiger charge is 2.29. The zero-order valence-corrected chi connectivity index (χ0v) is 18.9. The molecular formula is C22H23ClN8O2. The Morgan fingerprint density at radius 1 is 1.30 bits per heavy atom. The summed E-state index contributed by atoms with van der Waals surface area (Å²) in [4.78, 5) is 34.6. The lowest BCUT2D eigenvalue weighted by Gasteiger charge is -2.27. The topological polar surface area (TPSA) is 121 Å². The van der Waals surface area contributed by atoms with Crippen molar-refractivity contribution in [1.82, 2.24) is 30.2 Å². The number of aromatic amines is 1. The summed E-state index contributed by atoms with van der Waals surface area (Å²) in [6, 6.07) is 5.64. The molecular weight excluding hydrogens is 444 g/mol. The van der Waals surface area contributed by atoms with Crippen LogP contribution in [-0.4, -0.2) is 57.3 Å². The number of benzene rings is 1. The van der Waals surface area contributed by atoms with Crippen LogP contribution in [-0.2, 0) is 4.74 Å². The molecule has 0 saturated carbocycles. The van der Waals surface area contributed by atoms with Gasteiger partial charge in [0, 0.05) is 30.2 Å². The van der Waals surface area contributed by atoms with Gasteiger partial charge >= 0.3 is 6.09 Å². The van der Waals surface area contributed by atoms with Crippen LogP contribution in [0.3, 0.4) is 0 Å². The van der Waals surface area contributed by atoms with Crippen molar-refractivity contribution in [2.45, 2.75) is 25.4 Å². The standard InChI is InChI=1S/C22H23ClN8O2/c1-12(29-21-18-20(26-10-25-18)27-11-28-21)15-8-16(23)14-4-3-6-24-17(14)19(15)31-7-5-13(9-31)30-22(32)33-2/h3-4,6,8,10-13H,5,7,9H2,1-2H3,(H,30,32)(H2,25,26,27,28,29)/t12?,13-/m0/s1. The SMILES string of the molecule is COC(=O)N[C@H]1CCN(c2c(C(C)Nc3ncnc4[nH]cnc34)cc(Cl)c3cccnc23)C1. The molecule has 33 heavy (non-hydrogen) atoms. The van der Waals surface area contributed by atoms with Gasteiger partial charge in [-0.15, -0.1) is 0 Å². The third-order valence-electron chi connectivity index (χ3n) is 5.89. The first-order chi connectivity index (χ1) is 16.0. The van der Waals surface area contributed by atoms with Crippen LogP contribution in [0.15, 0.2) is 37.1 Å². The molecule has 0 bridgehead atoms. The summed E-state index contributed by atoms with van der Waals surface area (Å²) in [5.41, 5.74) is 4.11. The number of nitrogens with zero attached hydrogens (tertiary/aromatic N) is 5. The lowest BCUT2D eigenvalue weighted by molar-refractivity contribution is 0.167. The minimum atomic E-state index is -0.428. The highest BCUT2D eigenvalue weighted by molar-refractivity contribution is 6.36. The Labute approximate surface area is 194 Å². The molecule has 170 valence electrons. The van der Waals surface area contributed by atoms with E-state index in [1.54, 1.807) is 12.5 Å². The van der Waals surface area contributed by atoms with E-state index >= 15 is 0 Å². The van der Waals surface area contributed by atoms with E-state index in [2.05, 4.69) is 40.5 Å². The van der Waals surface area contributed by atoms with Crippen molar-refractivity contribution in [2.24, 2.45) is 0 Å². The van der Waals surface area contributed by atoms with E-state index in [0.29, 0.717) is 28.5 Å². The number of nitrogens with one attached hydrogen (secondary N) is 3. The molecule has 10 nitrogen and oxygen atoms in total. The second-order valence-electron chi connectivity index (χ2n) is 7.95. The first kappa shape index (κ1) is 21.2. The number of halogens is 1. The van der Waals surface area contributed by atoms with Crippen molar-refractivity contribution >= 4 is 51.3 Å². The number of methoxy groups -OCH3 is 1. The van der Waals surface area contributed by atoms with E-state index in [9.17, 15) is 4.79 Å². The molecule has 5 rings (SSSR count). The summed E-state index contributed by atoms with van der Waals surface area (Å²) in [5, 5.41) is 7.87. The largest absolute Gasteiger partial charge is 0.453 e. The monoisotopic (exact) mass is 466 g/mol. The summed E-state index contributed by atoms with van der Waals surface area (Å²) in [5.74, 6) is 0.628. The third kappa shape index (κ3) is 3.97. The fourth-order valence-electron chi connectivity index (χ4n) is 4.33. The minimum absolute atomic E-state index is 0.0199. The number of fused-ring (bicyclic) bond motifs is 2. The molecule has 2 atom stereocenters. The zero-order valence-electron chi connectivity index (χ0n) is 18.2. The number of hydrogen-bond acceptors (Lipinski definition) is 8. The number of pyridine rings is 1. The van der Waals surface area contributed by atoms with Crippen LogP contribution in [0, 0.1) is 0 Å². The van der Waals surface area contributed by atoms with Crippen LogP contribution in [0.2, 0.25) is 5.02 Å². The molecule has 0 radical (unpaired) electrons. The highest BCUT2D eigenvalue weighted by Crippen LogP contribution is 2.40. The molecule has 3 N–H and O–H groups in total. The Kier molecular flexibility index (Phi) is 5.59. The average molecular weight is 467 g/mol. The molecule has 1 fully saturated rings. The first-order valence-electron chi connectivity index (χ1n) is 10.6. The van der Waals surface area contributed by atoms with E-state index in [-0.39, 0.29) is 12.1 Å². The van der Waals surface area contributed by atoms with Crippen molar-refractivity contribution in [3.63, 3.8) is 0 Å². The van der Waals surface area contributed by atoms with Gasteiger partial charge in [-0.3, -0.25) is 4.98 Å². The summed E-state index contributed by atoms with van der Waals surface area (Å²) >= 11 is 6.68. The van der Waals surface area contributed by atoms with E-state index in [1.807, 2.05) is 25.1 Å². The van der Waals surface area contributed by atoms with Gasteiger partial charge < -0.3 is 25.3 Å². The molecule has 11 heteroatoms. The third-order valence-corrected chi connectivity index (χ3v) is 6.21. The van der Waals surface area contributed by atoms with Gasteiger partial charge in [-0.25, -0.2) is 19.7 Å². The van der Waals surface area contributed by atoms with Crippen LogP contribution in [0.5, 0.6) is 0 Å². The molecule has 0 aliphatic carbocycles. The first-order valence-corrected chi connectivity index (χ1v) is 11.0. The number of ether oxygens (including phenoxy) is 1. The van der Waals surface area contributed by atoms with Gasteiger partial charge in [0.2, 0.25) is 0 Å². The Balaban J connectivity index is 1.54. The Morgan fingerprint density at radius 3 is 3.03 bits per heavy atom. The van der Waals surface area contributed by atoms with Crippen molar-refractivity contribution in [3.8, 4) is 0 Å². The fraction of sp³-hybridized carbons (Fsp3) is 0.318. The van der Waals surface area contributed by atoms with Crippen molar-refractivity contribution in [1.29, 1.82) is 0 Å². The Hall–Kier alpha value is -3.66. The van der Waals surface area contributed by atoms with Crippen LogP contribution in [0.25, 0.3) is 22.1 Å². The summed E-state index contributed by atoms with van der Waals surface area (Å²) < 4.78 is 4.77. The molecule has 4 aromatic rings. The van der Waals surface area contributed by atoms with Crippen molar-refractivity contribution in [2.75, 3.05) is 30.4 Å². The minimum Gasteiger partial charge on any atom is -0.453 e. The van der Waals surface area contributed by atoms with Crippen LogP contribution < -0.4 is 15.5 Å². The highest BCUT2D eigenvalue weighted by atomic mass is 35.5. The Morgan fingerprint density at radius 2 is 2.18 bits per heavy atom. The molecule has 1 aliphatic rings. The number of anilines is 2. The van der Waals surface area contributed by atoms with Crippen LogP contribution in [0.1, 0.15) is 24.9 Å². The van der Waals surface area contributed by atoms with Crippen molar-refractivity contribution in [3.05, 3.63) is 47.6 Å². The van der Waals surface area contributed by atoms with Gasteiger partial charge in [0.1, 0.15) is 11.8 Å². The molecule has 1 unspecified atom stereocenters. The second kappa shape index (κ2) is 8.70. The van der Waals surface area contributed by atoms with Gasteiger partial charge in [-0.2, -0.15) is 0 Å². The summed E-state index contributed by atoms with van der Waals surface area (Å²) in [6.45, 7) is 3.45. The smallest absolute Gasteiger partial charge is 0.407 e. The number of hydrogen-bond donors (Lipinski definition) is 3. The molecule has 1 amide bonds. The molecule has 1 aromatic carbocycles. The van der Waals surface area contributed by atoms with Gasteiger partial charge in [-0.05, 0) is 31.5 Å². The Bertz CT molecular complexity index is 1330. The molecule has 4 heterocycles.